The first-order valence-electron chi connectivity index (χ1n) is 9.71. The van der Waals surface area contributed by atoms with Gasteiger partial charge in [0.25, 0.3) is 0 Å². The molecule has 0 atom stereocenters. The molecule has 0 bridgehead atoms. The van der Waals surface area contributed by atoms with Crippen LogP contribution >= 0.6 is 0 Å². The molecule has 0 heterocycles. The Hall–Kier alpha value is -1.30. The highest BCUT2D eigenvalue weighted by molar-refractivity contribution is 5.75. The number of hydrogen-bond acceptors (Lipinski definition) is 0. The summed E-state index contributed by atoms with van der Waals surface area (Å²) < 4.78 is 0. The Bertz CT molecular complexity index is 795. The number of hydrogen-bond donors (Lipinski definition) is 0. The van der Waals surface area contributed by atoms with Crippen LogP contribution in [0.3, 0.4) is 0 Å². The summed E-state index contributed by atoms with van der Waals surface area (Å²) in [6.45, 7) is 19.2. The fourth-order valence-corrected chi connectivity index (χ4v) is 5.83. The second-order valence-electron chi connectivity index (χ2n) is 9.88. The third-order valence-corrected chi connectivity index (χ3v) is 6.98. The molecule has 0 fully saturated rings. The lowest BCUT2D eigenvalue weighted by Gasteiger charge is -2.31. The van der Waals surface area contributed by atoms with E-state index in [1.165, 1.54) is 12.8 Å². The molecule has 4 aliphatic rings. The molecule has 0 heteroatoms. The highest BCUT2D eigenvalue weighted by Crippen LogP contribution is 2.65. The van der Waals surface area contributed by atoms with Crippen LogP contribution in [0, 0.1) is 22.7 Å². The second kappa shape index (κ2) is 4.65. The van der Waals surface area contributed by atoms with Crippen LogP contribution in [0.25, 0.3) is 0 Å². The molecule has 0 spiro atoms. The lowest BCUT2D eigenvalue weighted by atomic mass is 9.73. The highest BCUT2D eigenvalue weighted by Gasteiger charge is 2.52. The minimum atomic E-state index is 0.177. The Balaban J connectivity index is 1.78. The zero-order chi connectivity index (χ0) is 17.6. The quantitative estimate of drug-likeness (QED) is 0.517. The van der Waals surface area contributed by atoms with Crippen LogP contribution in [-0.2, 0) is 0 Å². The van der Waals surface area contributed by atoms with Crippen molar-refractivity contribution in [3.05, 3.63) is 56.7 Å². The van der Waals surface area contributed by atoms with E-state index < -0.39 is 0 Å². The van der Waals surface area contributed by atoms with Crippen molar-refractivity contribution in [2.75, 3.05) is 0 Å². The molecule has 128 valence electrons. The lowest BCUT2D eigenvalue weighted by molar-refractivity contribution is 0.490. The van der Waals surface area contributed by atoms with Gasteiger partial charge in [-0.3, -0.25) is 0 Å². The Labute approximate surface area is 148 Å². The molecule has 0 aromatic rings. The molecule has 0 nitrogen and oxygen atoms in total. The molecule has 0 radical (unpaired) electrons. The van der Waals surface area contributed by atoms with Crippen LogP contribution in [0.5, 0.6) is 0 Å². The summed E-state index contributed by atoms with van der Waals surface area (Å²) in [6, 6.07) is 0. The molecular formula is C24H32. The van der Waals surface area contributed by atoms with Crippen LogP contribution in [0.1, 0.15) is 68.2 Å². The second-order valence-corrected chi connectivity index (χ2v) is 9.88. The summed E-state index contributed by atoms with van der Waals surface area (Å²) in [5, 5.41) is 0. The largest absolute Gasteiger partial charge is 0.0630 e. The van der Waals surface area contributed by atoms with Crippen molar-refractivity contribution in [2.24, 2.45) is 22.7 Å². The van der Waals surface area contributed by atoms with Crippen molar-refractivity contribution in [1.29, 1.82) is 0 Å². The van der Waals surface area contributed by atoms with Gasteiger partial charge in [0.1, 0.15) is 0 Å². The van der Waals surface area contributed by atoms with Gasteiger partial charge in [0.15, 0.2) is 0 Å². The third-order valence-electron chi connectivity index (χ3n) is 6.98. The van der Waals surface area contributed by atoms with E-state index in [9.17, 15) is 0 Å². The molecule has 0 aromatic heterocycles. The first-order valence-corrected chi connectivity index (χ1v) is 9.71. The standard InChI is InChI=1S/C24H32/c1-13(2)15-9-16-11-18-21(17(16)10-15)24(7,8)20-12-19(14(3)4)23(5,6)22(18)20/h9,12-14H,10-11H2,1-8H3. The van der Waals surface area contributed by atoms with E-state index in [0.29, 0.717) is 11.8 Å². The van der Waals surface area contributed by atoms with E-state index >= 15 is 0 Å². The van der Waals surface area contributed by atoms with Crippen LogP contribution in [0.15, 0.2) is 56.7 Å². The molecule has 0 unspecified atom stereocenters. The number of rotatable bonds is 2. The van der Waals surface area contributed by atoms with Gasteiger partial charge in [0, 0.05) is 10.8 Å². The van der Waals surface area contributed by atoms with Gasteiger partial charge in [-0.05, 0) is 58.1 Å². The zero-order valence-electron chi connectivity index (χ0n) is 16.7. The van der Waals surface area contributed by atoms with E-state index in [2.05, 4.69) is 67.5 Å². The maximum Gasteiger partial charge on any atom is 0.0155 e. The Morgan fingerprint density at radius 3 is 2.00 bits per heavy atom. The Morgan fingerprint density at radius 2 is 1.42 bits per heavy atom. The predicted molar refractivity (Wildman–Crippen MR) is 104 cm³/mol. The molecule has 0 N–H and O–H groups in total. The molecular weight excluding hydrogens is 288 g/mol. The zero-order valence-corrected chi connectivity index (χ0v) is 16.7. The monoisotopic (exact) mass is 320 g/mol. The summed E-state index contributed by atoms with van der Waals surface area (Å²) >= 11 is 0. The SMILES string of the molecule is CC(C)C1=CC2=C(C1)C1=C(C2)C2=C(C=C(C(C)C)C2(C)C)C1(C)C. The number of allylic oxidation sites excluding steroid dienone is 10. The van der Waals surface area contributed by atoms with E-state index in [-0.39, 0.29) is 10.8 Å². The maximum absolute atomic E-state index is 2.56. The Morgan fingerprint density at radius 1 is 0.750 bits per heavy atom. The van der Waals surface area contributed by atoms with Gasteiger partial charge in [0.05, 0.1) is 0 Å². The molecule has 24 heavy (non-hydrogen) atoms. The van der Waals surface area contributed by atoms with E-state index in [1.807, 2.05) is 0 Å². The van der Waals surface area contributed by atoms with Crippen molar-refractivity contribution in [3.63, 3.8) is 0 Å². The average Bonchev–Trinajstić information content (AvgIpc) is 3.08. The molecule has 4 rings (SSSR count). The molecule has 0 saturated heterocycles. The summed E-state index contributed by atoms with van der Waals surface area (Å²) in [7, 11) is 0. The van der Waals surface area contributed by atoms with Crippen LogP contribution < -0.4 is 0 Å². The molecule has 0 aromatic carbocycles. The number of fused-ring (bicyclic) bond motifs is 2. The molecule has 0 saturated carbocycles. The lowest BCUT2D eigenvalue weighted by Crippen LogP contribution is -2.19. The Kier molecular flexibility index (Phi) is 3.14. The van der Waals surface area contributed by atoms with Gasteiger partial charge in [0.2, 0.25) is 0 Å². The minimum absolute atomic E-state index is 0.177. The molecule has 0 amide bonds. The van der Waals surface area contributed by atoms with Gasteiger partial charge in [-0.2, -0.15) is 0 Å². The van der Waals surface area contributed by atoms with Crippen molar-refractivity contribution in [2.45, 2.75) is 68.2 Å². The normalized spacial score (nSPS) is 26.6. The van der Waals surface area contributed by atoms with E-state index in [0.717, 1.165) is 0 Å². The van der Waals surface area contributed by atoms with Crippen LogP contribution in [-0.4, -0.2) is 0 Å². The first-order chi connectivity index (χ1) is 11.1. The third kappa shape index (κ3) is 1.81. The summed E-state index contributed by atoms with van der Waals surface area (Å²) in [5.41, 5.74) is 13.6. The first kappa shape index (κ1) is 16.2. The summed E-state index contributed by atoms with van der Waals surface area (Å²) in [4.78, 5) is 0. The summed E-state index contributed by atoms with van der Waals surface area (Å²) in [6.07, 6.45) is 7.44. The topological polar surface area (TPSA) is 0 Å². The average molecular weight is 321 g/mol. The van der Waals surface area contributed by atoms with Gasteiger partial charge < -0.3 is 0 Å². The summed E-state index contributed by atoms with van der Waals surface area (Å²) in [5.74, 6) is 1.30. The smallest absolute Gasteiger partial charge is 0.0155 e. The van der Waals surface area contributed by atoms with Crippen LogP contribution in [0.4, 0.5) is 0 Å². The van der Waals surface area contributed by atoms with Gasteiger partial charge in [-0.15, -0.1) is 0 Å². The van der Waals surface area contributed by atoms with E-state index in [4.69, 9.17) is 0 Å². The predicted octanol–water partition coefficient (Wildman–Crippen LogP) is 6.93. The van der Waals surface area contributed by atoms with Crippen molar-refractivity contribution >= 4 is 0 Å². The fourth-order valence-electron chi connectivity index (χ4n) is 5.83. The van der Waals surface area contributed by atoms with Gasteiger partial charge >= 0.3 is 0 Å². The maximum atomic E-state index is 2.56. The minimum Gasteiger partial charge on any atom is -0.0630 e. The molecule has 4 aliphatic carbocycles. The van der Waals surface area contributed by atoms with Gasteiger partial charge in [-0.25, -0.2) is 0 Å². The fraction of sp³-hybridized carbons (Fsp3) is 0.583. The van der Waals surface area contributed by atoms with E-state index in [1.54, 1.807) is 44.6 Å². The van der Waals surface area contributed by atoms with Crippen molar-refractivity contribution < 1.29 is 0 Å². The highest BCUT2D eigenvalue weighted by atomic mass is 14.6. The van der Waals surface area contributed by atoms with Crippen molar-refractivity contribution in [3.8, 4) is 0 Å². The van der Waals surface area contributed by atoms with Crippen LogP contribution in [0.2, 0.25) is 0 Å². The van der Waals surface area contributed by atoms with Gasteiger partial charge in [-0.1, -0.05) is 78.7 Å². The van der Waals surface area contributed by atoms with Crippen molar-refractivity contribution in [1.82, 2.24) is 0 Å². The molecule has 0 aliphatic heterocycles.